The van der Waals surface area contributed by atoms with Gasteiger partial charge in [-0.15, -0.1) is 0 Å². The number of halogens is 3. The number of hydrogen-bond donors (Lipinski definition) is 1. The molecule has 0 saturated heterocycles. The molecule has 0 amide bonds. The molecule has 0 aliphatic heterocycles. The van der Waals surface area contributed by atoms with Gasteiger partial charge in [0.2, 0.25) is 0 Å². The first-order valence-electron chi connectivity index (χ1n) is 6.54. The summed E-state index contributed by atoms with van der Waals surface area (Å²) in [6, 6.07) is 7.14. The third-order valence-electron chi connectivity index (χ3n) is 2.98. The Balaban J connectivity index is 3.35. The van der Waals surface area contributed by atoms with Crippen LogP contribution in [0.2, 0.25) is 0 Å². The van der Waals surface area contributed by atoms with Gasteiger partial charge in [-0.3, -0.25) is 4.72 Å². The van der Waals surface area contributed by atoms with E-state index in [2.05, 4.69) is 0 Å². The van der Waals surface area contributed by atoms with Crippen LogP contribution in [0.3, 0.4) is 0 Å². The highest BCUT2D eigenvalue weighted by Gasteiger charge is 2.50. The van der Waals surface area contributed by atoms with E-state index in [0.717, 1.165) is 20.8 Å². The highest BCUT2D eigenvalue weighted by Crippen LogP contribution is 2.33. The average molecular weight is 373 g/mol. The molecule has 1 atom stereocenters. The fraction of sp³-hybridized carbons (Fsp3) is 0.538. The summed E-state index contributed by atoms with van der Waals surface area (Å²) in [4.78, 5) is 0. The smallest absolute Gasteiger partial charge is 0.282 e. The predicted octanol–water partition coefficient (Wildman–Crippen LogP) is 2.92. The van der Waals surface area contributed by atoms with E-state index in [0.29, 0.717) is 0 Å². The van der Waals surface area contributed by atoms with Gasteiger partial charge in [0.1, 0.15) is 0 Å². The minimum Gasteiger partial charge on any atom is -0.282 e. The zero-order valence-electron chi connectivity index (χ0n) is 12.8. The lowest BCUT2D eigenvalue weighted by Crippen LogP contribution is -2.46. The monoisotopic (exact) mass is 373 g/mol. The van der Waals surface area contributed by atoms with Crippen LogP contribution in [0.1, 0.15) is 27.2 Å². The Labute approximate surface area is 133 Å². The number of sulfonamides is 1. The molecule has 0 aliphatic carbocycles. The molecule has 0 radical (unpaired) electrons. The number of sulfone groups is 1. The molecule has 0 aliphatic rings. The van der Waals surface area contributed by atoms with Crippen LogP contribution in [-0.2, 0) is 19.9 Å². The Morgan fingerprint density at radius 3 is 1.87 bits per heavy atom. The minimum atomic E-state index is -4.95. The first kappa shape index (κ1) is 19.8. The maximum atomic E-state index is 12.7. The van der Waals surface area contributed by atoms with E-state index in [-0.39, 0.29) is 5.69 Å². The van der Waals surface area contributed by atoms with Gasteiger partial charge >= 0.3 is 6.18 Å². The number of nitrogens with one attached hydrogen (secondary N) is 1. The van der Waals surface area contributed by atoms with Crippen LogP contribution in [0.15, 0.2) is 30.3 Å². The summed E-state index contributed by atoms with van der Waals surface area (Å²) < 4.78 is 85.1. The molecule has 1 aromatic carbocycles. The van der Waals surface area contributed by atoms with Crippen molar-refractivity contribution in [1.82, 2.24) is 0 Å². The Morgan fingerprint density at radius 2 is 1.48 bits per heavy atom. The van der Waals surface area contributed by atoms with Gasteiger partial charge in [-0.2, -0.15) is 13.2 Å². The molecule has 0 saturated carbocycles. The van der Waals surface area contributed by atoms with Gasteiger partial charge in [-0.05, 0) is 32.9 Å². The van der Waals surface area contributed by atoms with Gasteiger partial charge in [0.25, 0.3) is 10.0 Å². The molecule has 23 heavy (non-hydrogen) atoms. The van der Waals surface area contributed by atoms with Crippen molar-refractivity contribution in [2.24, 2.45) is 0 Å². The normalized spacial score (nSPS) is 15.2. The Hall–Kier alpha value is -1.29. The van der Waals surface area contributed by atoms with Gasteiger partial charge in [0, 0.05) is 5.69 Å². The molecule has 10 heteroatoms. The Bertz CT molecular complexity index is 736. The lowest BCUT2D eigenvalue weighted by atomic mass is 10.3. The molecular formula is C13H18F3NO4S2. The van der Waals surface area contributed by atoms with E-state index in [1.807, 2.05) is 4.72 Å². The molecule has 5 nitrogen and oxygen atoms in total. The first-order chi connectivity index (χ1) is 10.2. The van der Waals surface area contributed by atoms with Crippen molar-refractivity contribution in [3.8, 4) is 0 Å². The zero-order chi connectivity index (χ0) is 18.1. The van der Waals surface area contributed by atoms with Crippen molar-refractivity contribution in [2.75, 3.05) is 4.72 Å². The summed E-state index contributed by atoms with van der Waals surface area (Å²) in [6.07, 6.45) is -6.93. The fourth-order valence-electron chi connectivity index (χ4n) is 1.71. The van der Waals surface area contributed by atoms with E-state index in [4.69, 9.17) is 0 Å². The average Bonchev–Trinajstić information content (AvgIpc) is 2.34. The van der Waals surface area contributed by atoms with Crippen molar-refractivity contribution in [2.45, 2.75) is 42.7 Å². The van der Waals surface area contributed by atoms with Gasteiger partial charge in [0.15, 0.2) is 14.4 Å². The van der Waals surface area contributed by atoms with Crippen LogP contribution in [0.5, 0.6) is 0 Å². The van der Waals surface area contributed by atoms with E-state index in [1.165, 1.54) is 24.3 Å². The maximum absolute atomic E-state index is 12.7. The molecule has 1 unspecified atom stereocenters. The van der Waals surface area contributed by atoms with Gasteiger partial charge in [-0.25, -0.2) is 16.8 Å². The van der Waals surface area contributed by atoms with Crippen molar-refractivity contribution >= 4 is 25.5 Å². The third-order valence-corrected chi connectivity index (χ3v) is 8.44. The largest absolute Gasteiger partial charge is 0.391 e. The number of hydrogen-bond acceptors (Lipinski definition) is 4. The van der Waals surface area contributed by atoms with Crippen molar-refractivity contribution in [1.29, 1.82) is 0 Å². The fourth-order valence-corrected chi connectivity index (χ4v) is 6.25. The van der Waals surface area contributed by atoms with Crippen molar-refractivity contribution < 1.29 is 30.0 Å². The maximum Gasteiger partial charge on any atom is 0.391 e. The van der Waals surface area contributed by atoms with Crippen LogP contribution in [-0.4, -0.2) is 32.3 Å². The van der Waals surface area contributed by atoms with Crippen LogP contribution < -0.4 is 4.72 Å². The molecule has 132 valence electrons. The number of alkyl halides is 3. The molecule has 0 spiro atoms. The van der Waals surface area contributed by atoms with Gasteiger partial charge < -0.3 is 0 Å². The lowest BCUT2D eigenvalue weighted by molar-refractivity contribution is -0.131. The summed E-state index contributed by atoms with van der Waals surface area (Å²) in [7, 11) is -9.43. The Morgan fingerprint density at radius 1 is 1.00 bits per heavy atom. The highest BCUT2D eigenvalue weighted by atomic mass is 32.3. The molecule has 1 N–H and O–H groups in total. The van der Waals surface area contributed by atoms with Crippen LogP contribution in [0.4, 0.5) is 18.9 Å². The molecule has 0 heterocycles. The molecule has 1 rings (SSSR count). The van der Waals surface area contributed by atoms with Crippen LogP contribution in [0, 0.1) is 0 Å². The first-order valence-corrected chi connectivity index (χ1v) is 9.63. The molecule has 0 bridgehead atoms. The summed E-state index contributed by atoms with van der Waals surface area (Å²) in [5.74, 6) is 0. The SMILES string of the molecule is CC(C)(C)S(=O)(=O)C(CC(F)(F)F)S(=O)(=O)Nc1ccccc1. The minimum absolute atomic E-state index is 0.0104. The topological polar surface area (TPSA) is 80.3 Å². The summed E-state index contributed by atoms with van der Waals surface area (Å²) in [5, 5.41) is 0. The number of para-hydroxylation sites is 1. The second kappa shape index (κ2) is 6.31. The highest BCUT2D eigenvalue weighted by molar-refractivity contribution is 8.10. The second-order valence-corrected chi connectivity index (χ2v) is 11.0. The third kappa shape index (κ3) is 5.10. The van der Waals surface area contributed by atoms with Crippen molar-refractivity contribution in [3.05, 3.63) is 30.3 Å². The van der Waals surface area contributed by atoms with Gasteiger partial charge in [-0.1, -0.05) is 18.2 Å². The lowest BCUT2D eigenvalue weighted by Gasteiger charge is -2.27. The molecule has 1 aromatic rings. The Kier molecular flexibility index (Phi) is 5.42. The molecule has 0 fully saturated rings. The van der Waals surface area contributed by atoms with Crippen LogP contribution in [0.25, 0.3) is 0 Å². The molecule has 0 aromatic heterocycles. The standard InChI is InChI=1S/C13H18F3NO4S2/c1-12(2,3)22(18,19)11(9-13(14,15)16)23(20,21)17-10-7-5-4-6-8-10/h4-8,11,17H,9H2,1-3H3. The molecular weight excluding hydrogens is 355 g/mol. The second-order valence-electron chi connectivity index (χ2n) is 5.92. The van der Waals surface area contributed by atoms with Crippen molar-refractivity contribution in [3.63, 3.8) is 0 Å². The summed E-state index contributed by atoms with van der Waals surface area (Å²) in [5.41, 5.74) is -0.0104. The van der Waals surface area contributed by atoms with Crippen LogP contribution >= 0.6 is 0 Å². The predicted molar refractivity (Wildman–Crippen MR) is 82.1 cm³/mol. The number of anilines is 1. The number of benzene rings is 1. The quantitative estimate of drug-likeness (QED) is 0.861. The summed E-state index contributed by atoms with van der Waals surface area (Å²) >= 11 is 0. The number of rotatable bonds is 5. The van der Waals surface area contributed by atoms with E-state index < -0.39 is 41.8 Å². The van der Waals surface area contributed by atoms with E-state index in [9.17, 15) is 30.0 Å². The van der Waals surface area contributed by atoms with E-state index >= 15 is 0 Å². The zero-order valence-corrected chi connectivity index (χ0v) is 14.4. The van der Waals surface area contributed by atoms with E-state index in [1.54, 1.807) is 6.07 Å². The summed E-state index contributed by atoms with van der Waals surface area (Å²) in [6.45, 7) is 3.47. The van der Waals surface area contributed by atoms with Gasteiger partial charge in [0.05, 0.1) is 11.2 Å².